The summed E-state index contributed by atoms with van der Waals surface area (Å²) in [5, 5.41) is 14.9. The lowest BCUT2D eigenvalue weighted by molar-refractivity contribution is -0.384. The molecule has 11 heteroatoms. The first-order chi connectivity index (χ1) is 14.5. The Labute approximate surface area is 183 Å². The molecule has 0 aromatic heterocycles. The minimum absolute atomic E-state index is 0.0817. The van der Waals surface area contributed by atoms with Crippen LogP contribution in [0.4, 0.5) is 11.4 Å². The van der Waals surface area contributed by atoms with Crippen LogP contribution in [0.5, 0.6) is 0 Å². The van der Waals surface area contributed by atoms with Crippen LogP contribution in [0.2, 0.25) is 0 Å². The van der Waals surface area contributed by atoms with Crippen LogP contribution < -0.4 is 5.32 Å². The van der Waals surface area contributed by atoms with Crippen LogP contribution in [0.1, 0.15) is 27.7 Å². The van der Waals surface area contributed by atoms with Crippen LogP contribution in [-0.2, 0) is 19.5 Å². The quantitative estimate of drug-likeness (QED) is 0.489. The summed E-state index contributed by atoms with van der Waals surface area (Å²) in [6.45, 7) is 11.3. The monoisotopic (exact) mass is 456 g/mol. The van der Waals surface area contributed by atoms with Crippen molar-refractivity contribution < 1.29 is 22.8 Å². The third-order valence-corrected chi connectivity index (χ3v) is 7.66. The molecule has 2 aliphatic rings. The Morgan fingerprint density at radius 2 is 1.81 bits per heavy atom. The molecule has 0 spiro atoms. The van der Waals surface area contributed by atoms with E-state index < -0.39 is 14.9 Å². The van der Waals surface area contributed by atoms with Gasteiger partial charge in [0.1, 0.15) is 5.69 Å². The molecule has 1 aromatic rings. The smallest absolute Gasteiger partial charge is 0.293 e. The Morgan fingerprint density at radius 3 is 2.39 bits per heavy atom. The topological polar surface area (TPSA) is 114 Å². The number of rotatable bonds is 7. The molecule has 0 saturated carbocycles. The van der Waals surface area contributed by atoms with Gasteiger partial charge >= 0.3 is 0 Å². The van der Waals surface area contributed by atoms with E-state index in [9.17, 15) is 18.5 Å². The zero-order valence-corrected chi connectivity index (χ0v) is 19.4. The number of nitrogens with zero attached hydrogens (tertiary/aromatic N) is 3. The van der Waals surface area contributed by atoms with Crippen LogP contribution in [0.3, 0.4) is 0 Å². The Hall–Kier alpha value is -1.79. The number of nitro groups is 1. The normalized spacial score (nSPS) is 24.1. The Bertz CT molecular complexity index is 891. The zero-order valence-electron chi connectivity index (χ0n) is 18.5. The highest BCUT2D eigenvalue weighted by Crippen LogP contribution is 2.30. The summed E-state index contributed by atoms with van der Waals surface area (Å²) in [7, 11) is -3.81. The van der Waals surface area contributed by atoms with E-state index in [0.717, 1.165) is 19.2 Å². The van der Waals surface area contributed by atoms with E-state index in [2.05, 4.69) is 24.1 Å². The van der Waals surface area contributed by atoms with E-state index in [4.69, 9.17) is 9.47 Å². The summed E-state index contributed by atoms with van der Waals surface area (Å²) in [6, 6.07) is 4.04. The van der Waals surface area contributed by atoms with Gasteiger partial charge in [-0.15, -0.1) is 0 Å². The molecular weight excluding hydrogens is 424 g/mol. The highest BCUT2D eigenvalue weighted by Gasteiger charge is 2.34. The fourth-order valence-corrected chi connectivity index (χ4v) is 5.43. The van der Waals surface area contributed by atoms with Gasteiger partial charge in [0.05, 0.1) is 35.2 Å². The maximum atomic E-state index is 12.9. The van der Waals surface area contributed by atoms with Crippen molar-refractivity contribution in [3.8, 4) is 0 Å². The van der Waals surface area contributed by atoms with Gasteiger partial charge in [-0.05, 0) is 39.8 Å². The van der Waals surface area contributed by atoms with Crippen LogP contribution in [0, 0.1) is 10.1 Å². The van der Waals surface area contributed by atoms with Crippen molar-refractivity contribution in [3.63, 3.8) is 0 Å². The number of hydrogen-bond donors (Lipinski definition) is 1. The molecule has 1 N–H and O–H groups in total. The molecule has 0 bridgehead atoms. The average molecular weight is 457 g/mol. The number of nitro benzene ring substituents is 1. The number of hydrogen-bond acceptors (Lipinski definition) is 8. The van der Waals surface area contributed by atoms with Gasteiger partial charge in [-0.2, -0.15) is 4.31 Å². The van der Waals surface area contributed by atoms with Gasteiger partial charge in [0, 0.05) is 44.3 Å². The summed E-state index contributed by atoms with van der Waals surface area (Å²) in [6.07, 6.45) is 0.226. The summed E-state index contributed by atoms with van der Waals surface area (Å²) >= 11 is 0. The first-order valence-electron chi connectivity index (χ1n) is 10.5. The lowest BCUT2D eigenvalue weighted by atomic mass is 10.00. The second-order valence-electron chi connectivity index (χ2n) is 8.78. The molecule has 3 rings (SSSR count). The predicted octanol–water partition coefficient (Wildman–Crippen LogP) is 1.92. The fourth-order valence-electron chi connectivity index (χ4n) is 4.00. The summed E-state index contributed by atoms with van der Waals surface area (Å²) < 4.78 is 38.0. The van der Waals surface area contributed by atoms with Gasteiger partial charge in [-0.3, -0.25) is 15.0 Å². The van der Waals surface area contributed by atoms with Crippen molar-refractivity contribution in [2.24, 2.45) is 0 Å². The third-order valence-electron chi connectivity index (χ3n) is 5.76. The maximum Gasteiger partial charge on any atom is 0.293 e. The summed E-state index contributed by atoms with van der Waals surface area (Å²) in [4.78, 5) is 13.4. The van der Waals surface area contributed by atoms with Crippen molar-refractivity contribution in [3.05, 3.63) is 28.3 Å². The van der Waals surface area contributed by atoms with Crippen LogP contribution in [-0.4, -0.2) is 86.2 Å². The standard InChI is InChI=1S/C20H32N4O6S/c1-15-12-22(13-16(2)30-15)20(3,4)14-21-18-6-5-17(11-19(18)24(25)26)31(27,28)23-7-9-29-10-8-23/h5-6,11,15-16,21H,7-10,12-14H2,1-4H3/t15-,16+. The van der Waals surface area contributed by atoms with Crippen molar-refractivity contribution in [1.82, 2.24) is 9.21 Å². The van der Waals surface area contributed by atoms with Crippen molar-refractivity contribution in [1.29, 1.82) is 0 Å². The van der Waals surface area contributed by atoms with Crippen molar-refractivity contribution >= 4 is 21.4 Å². The van der Waals surface area contributed by atoms with Crippen LogP contribution in [0.25, 0.3) is 0 Å². The van der Waals surface area contributed by atoms with Gasteiger partial charge in [-0.25, -0.2) is 8.42 Å². The second kappa shape index (κ2) is 9.37. The maximum absolute atomic E-state index is 12.9. The number of ether oxygens (including phenoxy) is 2. The minimum Gasteiger partial charge on any atom is -0.379 e. The molecule has 174 valence electrons. The van der Waals surface area contributed by atoms with Crippen LogP contribution in [0.15, 0.2) is 23.1 Å². The van der Waals surface area contributed by atoms with E-state index >= 15 is 0 Å². The molecule has 2 fully saturated rings. The fraction of sp³-hybridized carbons (Fsp3) is 0.700. The second-order valence-corrected chi connectivity index (χ2v) is 10.7. The first-order valence-corrected chi connectivity index (χ1v) is 12.0. The molecule has 0 aliphatic carbocycles. The molecular formula is C20H32N4O6S. The highest BCUT2D eigenvalue weighted by atomic mass is 32.2. The van der Waals surface area contributed by atoms with Gasteiger partial charge in [0.2, 0.25) is 10.0 Å². The van der Waals surface area contributed by atoms with Gasteiger partial charge in [0.25, 0.3) is 5.69 Å². The molecule has 0 amide bonds. The van der Waals surface area contributed by atoms with E-state index in [0.29, 0.717) is 25.4 Å². The lowest BCUT2D eigenvalue weighted by Crippen LogP contribution is -2.57. The Morgan fingerprint density at radius 1 is 1.19 bits per heavy atom. The van der Waals surface area contributed by atoms with E-state index in [1.807, 2.05) is 13.8 Å². The molecule has 1 aromatic carbocycles. The lowest BCUT2D eigenvalue weighted by Gasteiger charge is -2.45. The van der Waals surface area contributed by atoms with Crippen molar-refractivity contribution in [2.45, 2.75) is 50.3 Å². The molecule has 2 heterocycles. The van der Waals surface area contributed by atoms with E-state index in [1.54, 1.807) is 0 Å². The van der Waals surface area contributed by atoms with Crippen LogP contribution >= 0.6 is 0 Å². The zero-order chi connectivity index (χ0) is 22.8. The summed E-state index contributed by atoms with van der Waals surface area (Å²) in [5.41, 5.74) is -0.235. The number of benzene rings is 1. The Balaban J connectivity index is 1.78. The average Bonchev–Trinajstić information content (AvgIpc) is 2.72. The number of anilines is 1. The molecule has 2 aliphatic heterocycles. The molecule has 0 radical (unpaired) electrons. The van der Waals surface area contributed by atoms with E-state index in [1.165, 1.54) is 16.4 Å². The predicted molar refractivity (Wildman–Crippen MR) is 117 cm³/mol. The number of sulfonamides is 1. The number of nitrogens with one attached hydrogen (secondary N) is 1. The molecule has 2 saturated heterocycles. The van der Waals surface area contributed by atoms with Crippen molar-refractivity contribution in [2.75, 3.05) is 51.3 Å². The highest BCUT2D eigenvalue weighted by molar-refractivity contribution is 7.89. The minimum atomic E-state index is -3.81. The Kier molecular flexibility index (Phi) is 7.21. The molecule has 31 heavy (non-hydrogen) atoms. The largest absolute Gasteiger partial charge is 0.379 e. The van der Waals surface area contributed by atoms with Gasteiger partial charge in [0.15, 0.2) is 0 Å². The van der Waals surface area contributed by atoms with E-state index in [-0.39, 0.29) is 41.4 Å². The third kappa shape index (κ3) is 5.53. The van der Waals surface area contributed by atoms with Gasteiger partial charge < -0.3 is 14.8 Å². The SMILES string of the molecule is C[C@@H]1CN(C(C)(C)CNc2ccc(S(=O)(=O)N3CCOCC3)cc2[N+](=O)[O-])C[C@H](C)O1. The molecule has 10 nitrogen and oxygen atoms in total. The van der Waals surface area contributed by atoms with Gasteiger partial charge in [-0.1, -0.05) is 0 Å². The molecule has 0 unspecified atom stereocenters. The number of morpholine rings is 2. The summed E-state index contributed by atoms with van der Waals surface area (Å²) in [5.74, 6) is 0. The first kappa shape index (κ1) is 23.9. The molecule has 2 atom stereocenters.